The summed E-state index contributed by atoms with van der Waals surface area (Å²) >= 11 is 1.73. The zero-order valence-electron chi connectivity index (χ0n) is 13.0. The molecule has 2 aromatic rings. The molecule has 5 nitrogen and oxygen atoms in total. The Kier molecular flexibility index (Phi) is 4.80. The van der Waals surface area contributed by atoms with Crippen molar-refractivity contribution in [1.82, 2.24) is 14.9 Å². The molecule has 0 amide bonds. The van der Waals surface area contributed by atoms with Gasteiger partial charge in [-0.1, -0.05) is 12.1 Å². The second-order valence-corrected chi connectivity index (χ2v) is 6.23. The third-order valence-electron chi connectivity index (χ3n) is 3.85. The molecule has 0 aliphatic carbocycles. The molecule has 22 heavy (non-hydrogen) atoms. The van der Waals surface area contributed by atoms with Crippen molar-refractivity contribution in [3.05, 3.63) is 36.7 Å². The van der Waals surface area contributed by atoms with E-state index in [0.29, 0.717) is 0 Å². The van der Waals surface area contributed by atoms with Gasteiger partial charge >= 0.3 is 0 Å². The third kappa shape index (κ3) is 3.51. The summed E-state index contributed by atoms with van der Waals surface area (Å²) in [6.07, 6.45) is 3.72. The van der Waals surface area contributed by atoms with Gasteiger partial charge in [0, 0.05) is 37.1 Å². The van der Waals surface area contributed by atoms with E-state index in [0.717, 1.165) is 43.5 Å². The fraction of sp³-hybridized carbons (Fsp3) is 0.375. The van der Waals surface area contributed by atoms with Crippen LogP contribution in [0.2, 0.25) is 0 Å². The van der Waals surface area contributed by atoms with Crippen LogP contribution in [-0.4, -0.2) is 54.4 Å². The number of benzene rings is 1. The quantitative estimate of drug-likeness (QED) is 0.875. The summed E-state index contributed by atoms with van der Waals surface area (Å²) in [6.45, 7) is 4.16. The minimum absolute atomic E-state index is 0.838. The van der Waals surface area contributed by atoms with Crippen LogP contribution in [-0.2, 0) is 0 Å². The number of hydrogen-bond acceptors (Lipinski definition) is 6. The zero-order valence-corrected chi connectivity index (χ0v) is 13.8. The number of thioether (sulfide) groups is 1. The molecule has 0 unspecified atom stereocenters. The molecule has 3 rings (SSSR count). The van der Waals surface area contributed by atoms with Crippen LogP contribution in [0.5, 0.6) is 0 Å². The van der Waals surface area contributed by atoms with E-state index in [9.17, 15) is 0 Å². The average Bonchev–Trinajstić information content (AvgIpc) is 2.56. The first-order valence-corrected chi connectivity index (χ1v) is 8.64. The molecule has 1 aromatic carbocycles. The van der Waals surface area contributed by atoms with E-state index in [2.05, 4.69) is 50.5 Å². The lowest BCUT2D eigenvalue weighted by Gasteiger charge is -2.33. The molecule has 1 saturated heterocycles. The molecule has 1 aliphatic rings. The van der Waals surface area contributed by atoms with Gasteiger partial charge in [0.25, 0.3) is 0 Å². The summed E-state index contributed by atoms with van der Waals surface area (Å²) in [4.78, 5) is 14.6. The minimum atomic E-state index is 0.838. The first-order valence-electron chi connectivity index (χ1n) is 7.42. The first kappa shape index (κ1) is 15.1. The van der Waals surface area contributed by atoms with Crippen molar-refractivity contribution >= 4 is 29.1 Å². The van der Waals surface area contributed by atoms with Crippen molar-refractivity contribution < 1.29 is 0 Å². The lowest BCUT2D eigenvalue weighted by Crippen LogP contribution is -2.44. The highest BCUT2D eigenvalue weighted by Crippen LogP contribution is 2.27. The Morgan fingerprint density at radius 3 is 2.64 bits per heavy atom. The van der Waals surface area contributed by atoms with Gasteiger partial charge in [-0.05, 0) is 25.4 Å². The van der Waals surface area contributed by atoms with E-state index in [-0.39, 0.29) is 0 Å². The van der Waals surface area contributed by atoms with Gasteiger partial charge in [0.05, 0.1) is 5.69 Å². The molecule has 0 atom stereocenters. The van der Waals surface area contributed by atoms with Crippen LogP contribution in [0.25, 0.3) is 0 Å². The van der Waals surface area contributed by atoms with Gasteiger partial charge in [-0.2, -0.15) is 0 Å². The number of anilines is 3. The molecule has 0 spiro atoms. The van der Waals surface area contributed by atoms with Crippen molar-refractivity contribution in [3.63, 3.8) is 0 Å². The van der Waals surface area contributed by atoms with E-state index >= 15 is 0 Å². The molecule has 116 valence electrons. The van der Waals surface area contributed by atoms with Gasteiger partial charge in [-0.15, -0.1) is 11.8 Å². The fourth-order valence-corrected chi connectivity index (χ4v) is 3.06. The van der Waals surface area contributed by atoms with Gasteiger partial charge < -0.3 is 15.1 Å². The highest BCUT2D eigenvalue weighted by Gasteiger charge is 2.15. The van der Waals surface area contributed by atoms with E-state index in [1.807, 2.05) is 18.2 Å². The molecular weight excluding hydrogens is 294 g/mol. The topological polar surface area (TPSA) is 44.3 Å². The Morgan fingerprint density at radius 1 is 1.09 bits per heavy atom. The highest BCUT2D eigenvalue weighted by atomic mass is 32.2. The summed E-state index contributed by atoms with van der Waals surface area (Å²) in [7, 11) is 2.16. The Balaban J connectivity index is 1.76. The maximum absolute atomic E-state index is 4.42. The Hall–Kier alpha value is -1.79. The lowest BCUT2D eigenvalue weighted by atomic mass is 10.3. The molecule has 0 radical (unpaired) electrons. The van der Waals surface area contributed by atoms with E-state index in [1.54, 1.807) is 18.1 Å². The molecule has 0 saturated carbocycles. The fourth-order valence-electron chi connectivity index (χ4n) is 2.51. The molecule has 1 aliphatic heterocycles. The van der Waals surface area contributed by atoms with Gasteiger partial charge in [-0.25, -0.2) is 9.97 Å². The van der Waals surface area contributed by atoms with Crippen molar-refractivity contribution in [2.45, 2.75) is 4.90 Å². The van der Waals surface area contributed by atoms with Gasteiger partial charge in [-0.3, -0.25) is 0 Å². The number of nitrogens with one attached hydrogen (secondary N) is 1. The SMILES string of the molecule is CSc1ccccc1Nc1cc(N2CCN(C)CC2)ncn1. The standard InChI is InChI=1S/C16H21N5S/c1-20-7-9-21(10-8-20)16-11-15(17-12-18-16)19-13-5-3-4-6-14(13)22-2/h3-6,11-12H,7-10H2,1-2H3,(H,17,18,19). The minimum Gasteiger partial charge on any atom is -0.354 e. The smallest absolute Gasteiger partial charge is 0.135 e. The van der Waals surface area contributed by atoms with Crippen LogP contribution in [0, 0.1) is 0 Å². The van der Waals surface area contributed by atoms with Crippen molar-refractivity contribution in [2.24, 2.45) is 0 Å². The molecule has 6 heteroatoms. The highest BCUT2D eigenvalue weighted by molar-refractivity contribution is 7.98. The monoisotopic (exact) mass is 315 g/mol. The van der Waals surface area contributed by atoms with Gasteiger partial charge in [0.2, 0.25) is 0 Å². The molecule has 1 aromatic heterocycles. The van der Waals surface area contributed by atoms with Crippen LogP contribution in [0.3, 0.4) is 0 Å². The number of piperazine rings is 1. The van der Waals surface area contributed by atoms with Crippen LogP contribution >= 0.6 is 11.8 Å². The van der Waals surface area contributed by atoms with Crippen LogP contribution < -0.4 is 10.2 Å². The summed E-state index contributed by atoms with van der Waals surface area (Å²) in [5.74, 6) is 1.83. The number of hydrogen-bond donors (Lipinski definition) is 1. The lowest BCUT2D eigenvalue weighted by molar-refractivity contribution is 0.312. The Labute approximate surface area is 135 Å². The maximum Gasteiger partial charge on any atom is 0.135 e. The number of aromatic nitrogens is 2. The Morgan fingerprint density at radius 2 is 1.86 bits per heavy atom. The van der Waals surface area contributed by atoms with Crippen molar-refractivity contribution in [1.29, 1.82) is 0 Å². The van der Waals surface area contributed by atoms with E-state index in [1.165, 1.54) is 4.90 Å². The van der Waals surface area contributed by atoms with Crippen LogP contribution in [0.1, 0.15) is 0 Å². The van der Waals surface area contributed by atoms with E-state index in [4.69, 9.17) is 0 Å². The Bertz CT molecular complexity index is 625. The average molecular weight is 315 g/mol. The van der Waals surface area contributed by atoms with E-state index < -0.39 is 0 Å². The summed E-state index contributed by atoms with van der Waals surface area (Å²) in [5.41, 5.74) is 1.08. The zero-order chi connectivity index (χ0) is 15.4. The number of likely N-dealkylation sites (N-methyl/N-ethyl adjacent to an activating group) is 1. The maximum atomic E-state index is 4.42. The summed E-state index contributed by atoms with van der Waals surface area (Å²) < 4.78 is 0. The van der Waals surface area contributed by atoms with Gasteiger partial charge in [0.1, 0.15) is 18.0 Å². The molecule has 2 heterocycles. The summed E-state index contributed by atoms with van der Waals surface area (Å²) in [6, 6.07) is 10.3. The largest absolute Gasteiger partial charge is 0.354 e. The van der Waals surface area contributed by atoms with Crippen LogP contribution in [0.4, 0.5) is 17.3 Å². The second kappa shape index (κ2) is 6.98. The number of para-hydroxylation sites is 1. The molecule has 1 fully saturated rings. The van der Waals surface area contributed by atoms with Crippen molar-refractivity contribution in [2.75, 3.05) is 49.7 Å². The van der Waals surface area contributed by atoms with Crippen molar-refractivity contribution in [3.8, 4) is 0 Å². The number of nitrogens with zero attached hydrogens (tertiary/aromatic N) is 4. The molecular formula is C16H21N5S. The van der Waals surface area contributed by atoms with Crippen LogP contribution in [0.15, 0.2) is 41.6 Å². The second-order valence-electron chi connectivity index (χ2n) is 5.38. The molecule has 0 bridgehead atoms. The van der Waals surface area contributed by atoms with Gasteiger partial charge in [0.15, 0.2) is 0 Å². The predicted octanol–water partition coefficient (Wildman–Crippen LogP) is 2.69. The normalized spacial score (nSPS) is 15.8. The summed E-state index contributed by atoms with van der Waals surface area (Å²) in [5, 5.41) is 3.40. The predicted molar refractivity (Wildman–Crippen MR) is 93.2 cm³/mol. The third-order valence-corrected chi connectivity index (χ3v) is 4.65. The first-order chi connectivity index (χ1) is 10.8. The molecule has 1 N–H and O–H groups in total. The number of rotatable bonds is 4.